The SMILES string of the molecule is O=C(CCCCCc1ccccc1)CO[P+](=O)O. The van der Waals surface area contributed by atoms with Crippen LogP contribution in [0.3, 0.4) is 0 Å². The molecule has 18 heavy (non-hydrogen) atoms. The first kappa shape index (κ1) is 15.0. The zero-order valence-corrected chi connectivity index (χ0v) is 11.1. The number of hydrogen-bond donors (Lipinski definition) is 1. The largest absolute Gasteiger partial charge is 0.695 e. The Bertz CT molecular complexity index is 378. The van der Waals surface area contributed by atoms with Gasteiger partial charge in [-0.25, -0.2) is 0 Å². The molecule has 1 rings (SSSR count). The minimum absolute atomic E-state index is 0.118. The van der Waals surface area contributed by atoms with Gasteiger partial charge in [-0.1, -0.05) is 36.8 Å². The molecular formula is C13H18O4P+. The molecule has 0 bridgehead atoms. The summed E-state index contributed by atoms with van der Waals surface area (Å²) in [4.78, 5) is 19.6. The van der Waals surface area contributed by atoms with Crippen molar-refractivity contribution in [1.29, 1.82) is 0 Å². The van der Waals surface area contributed by atoms with Crippen LogP contribution in [0.1, 0.15) is 31.2 Å². The summed E-state index contributed by atoms with van der Waals surface area (Å²) >= 11 is 0. The Hall–Kier alpha value is -1.09. The van der Waals surface area contributed by atoms with Crippen molar-refractivity contribution in [3.05, 3.63) is 35.9 Å². The van der Waals surface area contributed by atoms with Gasteiger partial charge in [0, 0.05) is 11.0 Å². The monoisotopic (exact) mass is 269 g/mol. The van der Waals surface area contributed by atoms with Gasteiger partial charge in [-0.05, 0) is 24.8 Å². The van der Waals surface area contributed by atoms with Gasteiger partial charge in [0.05, 0.1) is 0 Å². The van der Waals surface area contributed by atoms with Crippen LogP contribution in [0.2, 0.25) is 0 Å². The lowest BCUT2D eigenvalue weighted by molar-refractivity contribution is -0.121. The predicted octanol–water partition coefficient (Wildman–Crippen LogP) is 3.02. The fourth-order valence-electron chi connectivity index (χ4n) is 1.67. The van der Waals surface area contributed by atoms with E-state index >= 15 is 0 Å². The van der Waals surface area contributed by atoms with Crippen molar-refractivity contribution in [3.63, 3.8) is 0 Å². The Morgan fingerprint density at radius 3 is 2.56 bits per heavy atom. The molecule has 0 aromatic heterocycles. The lowest BCUT2D eigenvalue weighted by Crippen LogP contribution is -2.05. The number of carbonyl (C=O) groups is 1. The highest BCUT2D eigenvalue weighted by Crippen LogP contribution is 2.14. The molecule has 0 amide bonds. The van der Waals surface area contributed by atoms with Crippen molar-refractivity contribution in [2.45, 2.75) is 32.1 Å². The summed E-state index contributed by atoms with van der Waals surface area (Å²) in [6, 6.07) is 10.2. The van der Waals surface area contributed by atoms with Crippen molar-refractivity contribution in [2.75, 3.05) is 6.61 Å². The molecule has 0 spiro atoms. The van der Waals surface area contributed by atoms with E-state index in [9.17, 15) is 9.36 Å². The third-order valence-electron chi connectivity index (χ3n) is 2.60. The summed E-state index contributed by atoms with van der Waals surface area (Å²) in [6.45, 7) is -0.260. The van der Waals surface area contributed by atoms with E-state index in [1.807, 2.05) is 18.2 Å². The van der Waals surface area contributed by atoms with Crippen LogP contribution in [0.4, 0.5) is 0 Å². The van der Waals surface area contributed by atoms with E-state index in [0.29, 0.717) is 6.42 Å². The highest BCUT2D eigenvalue weighted by molar-refractivity contribution is 7.32. The molecule has 5 heteroatoms. The summed E-state index contributed by atoms with van der Waals surface area (Å²) in [5, 5.41) is 0. The molecule has 1 unspecified atom stereocenters. The van der Waals surface area contributed by atoms with Gasteiger partial charge >= 0.3 is 8.25 Å². The number of unbranched alkanes of at least 4 members (excludes halogenated alkanes) is 2. The number of Topliss-reactive ketones (excluding diaryl/α,β-unsaturated/α-hetero) is 1. The second-order valence-electron chi connectivity index (χ2n) is 4.10. The minimum Gasteiger partial charge on any atom is -0.297 e. The Labute approximate surface area is 108 Å². The topological polar surface area (TPSA) is 63.6 Å². The average Bonchev–Trinajstić information content (AvgIpc) is 2.37. The Kier molecular flexibility index (Phi) is 7.42. The summed E-state index contributed by atoms with van der Waals surface area (Å²) < 4.78 is 14.6. The molecule has 0 fully saturated rings. The van der Waals surface area contributed by atoms with Crippen LogP contribution < -0.4 is 0 Å². The van der Waals surface area contributed by atoms with E-state index in [0.717, 1.165) is 25.7 Å². The lowest BCUT2D eigenvalue weighted by atomic mass is 10.1. The van der Waals surface area contributed by atoms with Crippen molar-refractivity contribution >= 4 is 14.0 Å². The van der Waals surface area contributed by atoms with Crippen LogP contribution in [0, 0.1) is 0 Å². The Balaban J connectivity index is 2.02. The van der Waals surface area contributed by atoms with E-state index in [1.165, 1.54) is 5.56 Å². The normalized spacial score (nSPS) is 11.3. The van der Waals surface area contributed by atoms with Gasteiger partial charge < -0.3 is 0 Å². The van der Waals surface area contributed by atoms with Gasteiger partial charge in [-0.15, -0.1) is 9.42 Å². The third kappa shape index (κ3) is 7.28. The second-order valence-corrected chi connectivity index (χ2v) is 4.83. The maximum Gasteiger partial charge on any atom is 0.695 e. The van der Waals surface area contributed by atoms with Gasteiger partial charge in [-0.3, -0.25) is 4.79 Å². The molecule has 1 N–H and O–H groups in total. The van der Waals surface area contributed by atoms with Crippen LogP contribution in [0.25, 0.3) is 0 Å². The highest BCUT2D eigenvalue weighted by atomic mass is 31.1. The molecule has 0 aliphatic heterocycles. The van der Waals surface area contributed by atoms with E-state index in [-0.39, 0.29) is 12.4 Å². The van der Waals surface area contributed by atoms with Gasteiger partial charge in [0.2, 0.25) is 0 Å². The molecule has 4 nitrogen and oxygen atoms in total. The summed E-state index contributed by atoms with van der Waals surface area (Å²) in [6.07, 6.45) is 4.27. The molecule has 0 radical (unpaired) electrons. The van der Waals surface area contributed by atoms with E-state index in [1.54, 1.807) is 0 Å². The zero-order valence-electron chi connectivity index (χ0n) is 10.2. The quantitative estimate of drug-likeness (QED) is 0.553. The maximum atomic E-state index is 11.2. The first-order valence-corrected chi connectivity index (χ1v) is 7.16. The molecular weight excluding hydrogens is 251 g/mol. The van der Waals surface area contributed by atoms with Crippen LogP contribution >= 0.6 is 8.25 Å². The van der Waals surface area contributed by atoms with Gasteiger partial charge in [0.1, 0.15) is 0 Å². The van der Waals surface area contributed by atoms with Gasteiger partial charge in [0.15, 0.2) is 12.4 Å². The molecule has 0 saturated carbocycles. The minimum atomic E-state index is -2.66. The van der Waals surface area contributed by atoms with Gasteiger partial charge in [0.25, 0.3) is 0 Å². The first-order valence-electron chi connectivity index (χ1n) is 6.03. The molecule has 1 atom stereocenters. The number of hydrogen-bond acceptors (Lipinski definition) is 3. The third-order valence-corrected chi connectivity index (χ3v) is 2.95. The average molecular weight is 269 g/mol. The maximum absolute atomic E-state index is 11.2. The number of ketones is 1. The number of carbonyl (C=O) groups excluding carboxylic acids is 1. The smallest absolute Gasteiger partial charge is 0.297 e. The fraction of sp³-hybridized carbons (Fsp3) is 0.462. The summed E-state index contributed by atoms with van der Waals surface area (Å²) in [7, 11) is -2.66. The lowest BCUT2D eigenvalue weighted by Gasteiger charge is -2.01. The molecule has 1 aromatic carbocycles. The first-order chi connectivity index (χ1) is 8.68. The van der Waals surface area contributed by atoms with Crippen LogP contribution in [-0.4, -0.2) is 17.3 Å². The number of aryl methyl sites for hydroxylation is 1. The van der Waals surface area contributed by atoms with Crippen molar-refractivity contribution in [3.8, 4) is 0 Å². The highest BCUT2D eigenvalue weighted by Gasteiger charge is 2.14. The standard InChI is InChI=1S/C13H17O4P/c14-13(11-17-18(15)16)10-6-2-5-9-12-7-3-1-4-8-12/h1,3-4,7-8H,2,5-6,9-11H2/p+1. The molecule has 0 aliphatic carbocycles. The Morgan fingerprint density at radius 1 is 1.17 bits per heavy atom. The molecule has 0 saturated heterocycles. The molecule has 98 valence electrons. The summed E-state index contributed by atoms with van der Waals surface area (Å²) in [5.74, 6) is -0.118. The van der Waals surface area contributed by atoms with E-state index in [4.69, 9.17) is 4.89 Å². The Morgan fingerprint density at radius 2 is 1.89 bits per heavy atom. The van der Waals surface area contributed by atoms with E-state index < -0.39 is 8.25 Å². The van der Waals surface area contributed by atoms with Gasteiger partial charge in [-0.2, -0.15) is 0 Å². The summed E-state index contributed by atoms with van der Waals surface area (Å²) in [5.41, 5.74) is 1.31. The van der Waals surface area contributed by atoms with Crippen LogP contribution in [0.5, 0.6) is 0 Å². The molecule has 0 heterocycles. The number of benzene rings is 1. The van der Waals surface area contributed by atoms with Crippen molar-refractivity contribution < 1.29 is 18.8 Å². The molecule has 1 aromatic rings. The van der Waals surface area contributed by atoms with E-state index in [2.05, 4.69) is 16.7 Å². The van der Waals surface area contributed by atoms with Crippen LogP contribution in [-0.2, 0) is 20.3 Å². The second kappa shape index (κ2) is 8.92. The van der Waals surface area contributed by atoms with Crippen molar-refractivity contribution in [2.24, 2.45) is 0 Å². The van der Waals surface area contributed by atoms with Crippen molar-refractivity contribution in [1.82, 2.24) is 0 Å². The van der Waals surface area contributed by atoms with Crippen LogP contribution in [0.15, 0.2) is 30.3 Å². The zero-order chi connectivity index (χ0) is 13.2. The number of rotatable bonds is 9. The fourth-order valence-corrected chi connectivity index (χ4v) is 1.93. The predicted molar refractivity (Wildman–Crippen MR) is 69.4 cm³/mol. The molecule has 0 aliphatic rings.